The molecule has 1 saturated heterocycles. The molecule has 7 aromatic rings. The minimum Gasteiger partial charge on any atom is -0.475 e. The zero-order chi connectivity index (χ0) is 48.4. The number of amides is 3. The van der Waals surface area contributed by atoms with Crippen LogP contribution in [0.2, 0.25) is 0 Å². The van der Waals surface area contributed by atoms with Crippen LogP contribution in [0.25, 0.3) is 34.1 Å². The summed E-state index contributed by atoms with van der Waals surface area (Å²) in [6, 6.07) is 26.1. The third kappa shape index (κ3) is 12.7. The van der Waals surface area contributed by atoms with E-state index in [-0.39, 0.29) is 11.8 Å². The summed E-state index contributed by atoms with van der Waals surface area (Å²) in [6.45, 7) is 8.55. The van der Waals surface area contributed by atoms with Crippen LogP contribution < -0.4 is 20.8 Å². The van der Waals surface area contributed by atoms with E-state index in [1.807, 2.05) is 78.9 Å². The zero-order valence-electron chi connectivity index (χ0n) is 37.1. The van der Waals surface area contributed by atoms with Gasteiger partial charge in [0.2, 0.25) is 0 Å². The Morgan fingerprint density at radius 2 is 1.60 bits per heavy atom. The molecule has 0 bridgehead atoms. The predicted molar refractivity (Wildman–Crippen MR) is 251 cm³/mol. The summed E-state index contributed by atoms with van der Waals surface area (Å²) in [4.78, 5) is 68.9. The number of rotatable bonds is 15. The molecule has 21 heteroatoms. The van der Waals surface area contributed by atoms with Crippen molar-refractivity contribution < 1.29 is 47.0 Å². The number of thiazole rings is 1. The molecule has 4 N–H and O–H groups in total. The van der Waals surface area contributed by atoms with Crippen molar-refractivity contribution in [3.05, 3.63) is 124 Å². The van der Waals surface area contributed by atoms with Gasteiger partial charge in [-0.2, -0.15) is 13.2 Å². The van der Waals surface area contributed by atoms with Gasteiger partial charge in [-0.3, -0.25) is 24.6 Å². The first kappa shape index (κ1) is 48.4. The van der Waals surface area contributed by atoms with E-state index in [9.17, 15) is 27.6 Å². The first-order valence-corrected chi connectivity index (χ1v) is 22.3. The molecular formula is C47H47F3N10O7S. The quantitative estimate of drug-likeness (QED) is 0.0785. The number of anilines is 2. The van der Waals surface area contributed by atoms with E-state index in [4.69, 9.17) is 24.5 Å². The van der Waals surface area contributed by atoms with Gasteiger partial charge in [0, 0.05) is 60.8 Å². The Labute approximate surface area is 391 Å². The number of carbonyl (C=O) groups is 4. The second-order valence-corrected chi connectivity index (χ2v) is 17.0. The number of aryl methyl sites for hydroxylation is 2. The number of fused-ring (bicyclic) bond motifs is 2. The second-order valence-electron chi connectivity index (χ2n) is 15.9. The van der Waals surface area contributed by atoms with Crippen molar-refractivity contribution in [2.24, 2.45) is 13.0 Å². The summed E-state index contributed by atoms with van der Waals surface area (Å²) in [5.74, 6) is -2.96. The number of alkyl halides is 3. The number of morpholine rings is 1. The molecule has 0 saturated carbocycles. The number of benzene rings is 3. The maximum absolute atomic E-state index is 13.5. The first-order chi connectivity index (χ1) is 32.6. The van der Waals surface area contributed by atoms with Gasteiger partial charge in [-0.15, -0.1) is 16.4 Å². The maximum atomic E-state index is 13.5. The van der Waals surface area contributed by atoms with E-state index in [0.717, 1.165) is 53.0 Å². The summed E-state index contributed by atoms with van der Waals surface area (Å²) in [6.07, 6.45) is 1.97. The van der Waals surface area contributed by atoms with Gasteiger partial charge in [0.1, 0.15) is 22.4 Å². The Bertz CT molecular complexity index is 2940. The lowest BCUT2D eigenvalue weighted by atomic mass is 10.1. The van der Waals surface area contributed by atoms with Crippen LogP contribution in [0.3, 0.4) is 0 Å². The van der Waals surface area contributed by atoms with Gasteiger partial charge in [0.25, 0.3) is 23.6 Å². The van der Waals surface area contributed by atoms with Crippen molar-refractivity contribution >= 4 is 79.9 Å². The van der Waals surface area contributed by atoms with Gasteiger partial charge in [0.15, 0.2) is 5.13 Å². The molecule has 68 heavy (non-hydrogen) atoms. The first-order valence-electron chi connectivity index (χ1n) is 21.4. The molecule has 0 atom stereocenters. The molecule has 5 heterocycles. The monoisotopic (exact) mass is 952 g/mol. The number of aromatic nitrogens is 6. The van der Waals surface area contributed by atoms with Crippen LogP contribution in [0, 0.1) is 5.92 Å². The number of nitrogens with zero attached hydrogens (tertiary/aromatic N) is 7. The van der Waals surface area contributed by atoms with Crippen LogP contribution >= 0.6 is 11.3 Å². The Hall–Kier alpha value is -7.49. The Kier molecular flexibility index (Phi) is 15.6. The fourth-order valence-corrected chi connectivity index (χ4v) is 7.84. The van der Waals surface area contributed by atoms with E-state index < -0.39 is 18.1 Å². The highest BCUT2D eigenvalue weighted by Crippen LogP contribution is 2.28. The van der Waals surface area contributed by atoms with Gasteiger partial charge >= 0.3 is 12.1 Å². The average molecular weight is 953 g/mol. The van der Waals surface area contributed by atoms with Crippen LogP contribution in [-0.2, 0) is 23.0 Å². The van der Waals surface area contributed by atoms with E-state index in [1.165, 1.54) is 16.2 Å². The van der Waals surface area contributed by atoms with Crippen molar-refractivity contribution in [2.45, 2.75) is 32.9 Å². The molecule has 1 aliphatic rings. The molecular weight excluding hydrogens is 906 g/mol. The summed E-state index contributed by atoms with van der Waals surface area (Å²) in [5.41, 5.74) is 5.31. The minimum absolute atomic E-state index is 0.254. The zero-order valence-corrected chi connectivity index (χ0v) is 37.9. The Morgan fingerprint density at radius 3 is 2.32 bits per heavy atom. The van der Waals surface area contributed by atoms with Crippen LogP contribution in [0.1, 0.15) is 67.6 Å². The van der Waals surface area contributed by atoms with Gasteiger partial charge in [-0.05, 0) is 78.1 Å². The standard InChI is InChI=1S/C45H46N10O5S.C2HF3O2/c1-29(2)12-19-39-40(43(58)46-20-21-54-22-24-59-25-23-54)49-45(61-39)50-42(57)38-27-34(28-53(38)3)47-41(56)31-16-13-30(14-17-31)15-18-33-26-32-8-4-5-9-35(32)48-44(33)60-55-37-11-7-6-10-36(37)51-52-55;3-2(4,5)1(6)7/h4-11,13-18,26-29H,12,19-25H2,1-3H3,(H,46,58)(H,47,56)(H,49,50,57);(H,6,7)/b18-15+;. The smallest absolute Gasteiger partial charge is 0.475 e. The predicted octanol–water partition coefficient (Wildman–Crippen LogP) is 7.58. The summed E-state index contributed by atoms with van der Waals surface area (Å²) in [7, 11) is 1.73. The lowest BCUT2D eigenvalue weighted by molar-refractivity contribution is -0.192. The van der Waals surface area contributed by atoms with Crippen molar-refractivity contribution in [1.29, 1.82) is 0 Å². The molecule has 354 valence electrons. The molecule has 1 aliphatic heterocycles. The van der Waals surface area contributed by atoms with Gasteiger partial charge < -0.3 is 29.9 Å². The van der Waals surface area contributed by atoms with Gasteiger partial charge in [-0.1, -0.05) is 67.2 Å². The number of carbonyl (C=O) groups excluding carboxylic acids is 3. The molecule has 1 fully saturated rings. The van der Waals surface area contributed by atoms with Gasteiger partial charge in [-0.25, -0.2) is 14.8 Å². The molecule has 0 unspecified atom stereocenters. The van der Waals surface area contributed by atoms with E-state index >= 15 is 0 Å². The summed E-state index contributed by atoms with van der Waals surface area (Å²) >= 11 is 1.31. The number of para-hydroxylation sites is 2. The highest BCUT2D eigenvalue weighted by atomic mass is 32.1. The molecule has 3 aromatic carbocycles. The summed E-state index contributed by atoms with van der Waals surface area (Å²) < 4.78 is 38.8. The number of aliphatic carboxylic acids is 1. The summed E-state index contributed by atoms with van der Waals surface area (Å²) in [5, 5.41) is 25.5. The van der Waals surface area contributed by atoms with Crippen molar-refractivity contribution in [1.82, 2.24) is 39.9 Å². The van der Waals surface area contributed by atoms with E-state index in [1.54, 1.807) is 36.0 Å². The fourth-order valence-electron chi connectivity index (χ4n) is 6.87. The number of carboxylic acid groups (broad SMARTS) is 1. The Balaban J connectivity index is 0.000000908. The average Bonchev–Trinajstić information content (AvgIpc) is 4.04. The Morgan fingerprint density at radius 1 is 0.897 bits per heavy atom. The highest BCUT2D eigenvalue weighted by molar-refractivity contribution is 7.16. The van der Waals surface area contributed by atoms with Crippen molar-refractivity contribution in [3.8, 4) is 5.88 Å². The lowest BCUT2D eigenvalue weighted by Gasteiger charge is -2.26. The molecule has 0 spiro atoms. The number of nitrogens with one attached hydrogen (secondary N) is 3. The normalized spacial score (nSPS) is 13.1. The SMILES string of the molecule is CC(C)CCc1sc(NC(=O)c2cc(NC(=O)c3ccc(/C=C/c4cc5ccccc5nc4On4nnc5ccccc54)cc3)cn2C)nc1C(=O)NCCN1CCOCC1.O=C(O)C(F)(F)F. The van der Waals surface area contributed by atoms with Crippen LogP contribution in [-0.4, -0.2) is 109 Å². The molecule has 0 aliphatic carbocycles. The number of carboxylic acids is 1. The second kappa shape index (κ2) is 21.9. The molecule has 4 aromatic heterocycles. The number of hydrogen-bond acceptors (Lipinski definition) is 12. The van der Waals surface area contributed by atoms with Crippen LogP contribution in [0.5, 0.6) is 5.88 Å². The van der Waals surface area contributed by atoms with Crippen LogP contribution in [0.4, 0.5) is 24.0 Å². The molecule has 8 rings (SSSR count). The van der Waals surface area contributed by atoms with E-state index in [0.29, 0.717) is 76.8 Å². The third-order valence-corrected chi connectivity index (χ3v) is 11.5. The molecule has 3 amide bonds. The third-order valence-electron chi connectivity index (χ3n) is 10.5. The molecule has 17 nitrogen and oxygen atoms in total. The van der Waals surface area contributed by atoms with Gasteiger partial charge in [0.05, 0.1) is 24.4 Å². The molecule has 0 radical (unpaired) electrons. The highest BCUT2D eigenvalue weighted by Gasteiger charge is 2.38. The fraction of sp³-hybridized carbons (Fsp3) is 0.277. The number of ether oxygens (including phenoxy) is 1. The number of hydrogen-bond donors (Lipinski definition) is 4. The maximum Gasteiger partial charge on any atom is 0.490 e. The number of pyridine rings is 1. The largest absolute Gasteiger partial charge is 0.490 e. The van der Waals surface area contributed by atoms with Crippen molar-refractivity contribution in [2.75, 3.05) is 50.0 Å². The number of halogens is 3. The van der Waals surface area contributed by atoms with Crippen LogP contribution in [0.15, 0.2) is 91.1 Å². The van der Waals surface area contributed by atoms with Crippen molar-refractivity contribution in [3.63, 3.8) is 0 Å². The minimum atomic E-state index is -5.08. The topological polar surface area (TPSA) is 208 Å². The lowest BCUT2D eigenvalue weighted by Crippen LogP contribution is -2.41. The van der Waals surface area contributed by atoms with E-state index in [2.05, 4.69) is 50.0 Å².